The molecular formula is C29H28N6O4. The van der Waals surface area contributed by atoms with Crippen LogP contribution >= 0.6 is 0 Å². The van der Waals surface area contributed by atoms with Crippen molar-refractivity contribution in [1.29, 1.82) is 0 Å². The van der Waals surface area contributed by atoms with E-state index in [1.165, 1.54) is 11.1 Å². The van der Waals surface area contributed by atoms with Crippen molar-refractivity contribution in [2.45, 2.75) is 46.7 Å². The maximum Gasteiger partial charge on any atom is 0.262 e. The Morgan fingerprint density at radius 1 is 1.21 bits per heavy atom. The van der Waals surface area contributed by atoms with Gasteiger partial charge in [0.05, 0.1) is 16.8 Å². The lowest BCUT2D eigenvalue weighted by molar-refractivity contribution is -0.118. The Morgan fingerprint density at radius 2 is 2.05 bits per heavy atom. The number of benzene rings is 2. The molecule has 0 fully saturated rings. The van der Waals surface area contributed by atoms with E-state index in [9.17, 15) is 9.59 Å². The molecule has 3 aromatic heterocycles. The fraction of sp³-hybridized carbons (Fsp3) is 0.310. The molecule has 0 unspecified atom stereocenters. The standard InChI is InChI=1S/C29H28N6O4/c1-5-35-22-9-6-16(38-13-23(36)31-27-14(2)33-39-15(27)3)10-18(22)25-19-11-30-29(37)26(19)24-17(28(25)35)7-8-21-20(24)12-34(4)32-21/h6,9-10,12H,5,7-8,11,13H2,1-4H3,(H,30,37)(H,31,36). The first kappa shape index (κ1) is 23.5. The van der Waals surface area contributed by atoms with Crippen molar-refractivity contribution in [3.8, 4) is 16.9 Å². The topological polar surface area (TPSA) is 116 Å². The van der Waals surface area contributed by atoms with Gasteiger partial charge in [0.1, 0.15) is 17.1 Å². The number of carbonyl (C=O) groups excluding carboxylic acids is 2. The van der Waals surface area contributed by atoms with Crippen LogP contribution in [0.4, 0.5) is 5.69 Å². The van der Waals surface area contributed by atoms with Crippen molar-refractivity contribution in [3.63, 3.8) is 0 Å². The van der Waals surface area contributed by atoms with E-state index >= 15 is 0 Å². The van der Waals surface area contributed by atoms with Crippen LogP contribution in [0, 0.1) is 13.8 Å². The van der Waals surface area contributed by atoms with E-state index in [1.54, 1.807) is 13.8 Å². The maximum atomic E-state index is 13.2. The van der Waals surface area contributed by atoms with E-state index in [0.29, 0.717) is 29.4 Å². The normalized spacial score (nSPS) is 13.9. The lowest BCUT2D eigenvalue weighted by Crippen LogP contribution is -2.20. The summed E-state index contributed by atoms with van der Waals surface area (Å²) in [6, 6.07) is 5.92. The first-order chi connectivity index (χ1) is 18.9. The van der Waals surface area contributed by atoms with Crippen LogP contribution in [-0.2, 0) is 37.8 Å². The van der Waals surface area contributed by atoms with Gasteiger partial charge in [-0.05, 0) is 62.9 Å². The van der Waals surface area contributed by atoms with Gasteiger partial charge in [-0.3, -0.25) is 14.3 Å². The Morgan fingerprint density at radius 3 is 2.82 bits per heavy atom. The molecular weight excluding hydrogens is 496 g/mol. The van der Waals surface area contributed by atoms with Crippen LogP contribution in [0.15, 0.2) is 28.9 Å². The first-order valence-corrected chi connectivity index (χ1v) is 13.2. The van der Waals surface area contributed by atoms with E-state index in [-0.39, 0.29) is 18.4 Å². The summed E-state index contributed by atoms with van der Waals surface area (Å²) < 4.78 is 15.2. The Kier molecular flexibility index (Phi) is 5.10. The minimum Gasteiger partial charge on any atom is -0.484 e. The first-order valence-electron chi connectivity index (χ1n) is 13.2. The average molecular weight is 525 g/mol. The number of aryl methyl sites for hydroxylation is 6. The van der Waals surface area contributed by atoms with Crippen molar-refractivity contribution < 1.29 is 18.8 Å². The smallest absolute Gasteiger partial charge is 0.262 e. The van der Waals surface area contributed by atoms with Crippen molar-refractivity contribution in [2.75, 3.05) is 11.9 Å². The molecule has 2 N–H and O–H groups in total. The van der Waals surface area contributed by atoms with Crippen LogP contribution in [0.2, 0.25) is 0 Å². The highest BCUT2D eigenvalue weighted by Crippen LogP contribution is 2.47. The number of carbonyl (C=O) groups is 2. The van der Waals surface area contributed by atoms with Gasteiger partial charge in [-0.25, -0.2) is 0 Å². The number of anilines is 1. The molecule has 0 spiro atoms. The zero-order chi connectivity index (χ0) is 27.0. The SMILES string of the molecule is CCn1c2ccc(OCC(=O)Nc3c(C)noc3C)cc2c2c3c(c4c(c21)CCc1nn(C)cc1-4)C(=O)NC3. The molecule has 7 rings (SSSR count). The summed E-state index contributed by atoms with van der Waals surface area (Å²) in [5.41, 5.74) is 9.50. The summed E-state index contributed by atoms with van der Waals surface area (Å²) in [6.45, 7) is 6.77. The molecule has 0 atom stereocenters. The second kappa shape index (κ2) is 8.45. The highest BCUT2D eigenvalue weighted by molar-refractivity contribution is 6.19. The highest BCUT2D eigenvalue weighted by atomic mass is 16.5. The number of nitrogens with one attached hydrogen (secondary N) is 2. The molecule has 4 heterocycles. The summed E-state index contributed by atoms with van der Waals surface area (Å²) in [5, 5.41) is 16.5. The number of hydrogen-bond acceptors (Lipinski definition) is 6. The zero-order valence-corrected chi connectivity index (χ0v) is 22.3. The van der Waals surface area contributed by atoms with Crippen LogP contribution in [-0.4, -0.2) is 37.9 Å². The van der Waals surface area contributed by atoms with Gasteiger partial charge in [-0.15, -0.1) is 0 Å². The number of ether oxygens (including phenoxy) is 1. The van der Waals surface area contributed by atoms with Gasteiger partial charge in [-0.2, -0.15) is 5.10 Å². The largest absolute Gasteiger partial charge is 0.484 e. The number of rotatable bonds is 5. The lowest BCUT2D eigenvalue weighted by Gasteiger charge is -2.21. The van der Waals surface area contributed by atoms with Gasteiger partial charge in [-0.1, -0.05) is 5.16 Å². The van der Waals surface area contributed by atoms with Gasteiger partial charge in [0.2, 0.25) is 0 Å². The van der Waals surface area contributed by atoms with Crippen LogP contribution in [0.5, 0.6) is 5.75 Å². The Labute approximate surface area is 223 Å². The Hall–Kier alpha value is -4.60. The summed E-state index contributed by atoms with van der Waals surface area (Å²) in [5.74, 6) is 0.802. The molecule has 5 aromatic rings. The molecule has 1 aliphatic carbocycles. The number of hydrogen-bond donors (Lipinski definition) is 2. The Balaban J connectivity index is 1.35. The van der Waals surface area contributed by atoms with Crippen molar-refractivity contribution in [3.05, 3.63) is 58.2 Å². The predicted molar refractivity (Wildman–Crippen MR) is 146 cm³/mol. The summed E-state index contributed by atoms with van der Waals surface area (Å²) in [4.78, 5) is 25.8. The second-order valence-electron chi connectivity index (χ2n) is 10.2. The van der Waals surface area contributed by atoms with Gasteiger partial charge in [0.25, 0.3) is 11.8 Å². The van der Waals surface area contributed by atoms with Crippen LogP contribution in [0.25, 0.3) is 32.9 Å². The molecule has 198 valence electrons. The summed E-state index contributed by atoms with van der Waals surface area (Å²) in [6.07, 6.45) is 3.68. The van der Waals surface area contributed by atoms with Crippen LogP contribution < -0.4 is 15.4 Å². The van der Waals surface area contributed by atoms with Gasteiger partial charge >= 0.3 is 0 Å². The molecule has 2 aromatic carbocycles. The molecule has 1 aliphatic heterocycles. The van der Waals surface area contributed by atoms with E-state index in [4.69, 9.17) is 9.26 Å². The fourth-order valence-corrected chi connectivity index (χ4v) is 6.30. The highest BCUT2D eigenvalue weighted by Gasteiger charge is 2.35. The van der Waals surface area contributed by atoms with E-state index in [0.717, 1.165) is 63.6 Å². The van der Waals surface area contributed by atoms with Gasteiger partial charge in [0.15, 0.2) is 12.4 Å². The number of fused-ring (bicyclic) bond motifs is 10. The monoisotopic (exact) mass is 524 g/mol. The third kappa shape index (κ3) is 3.40. The van der Waals surface area contributed by atoms with Crippen molar-refractivity contribution >= 4 is 39.3 Å². The Bertz CT molecular complexity index is 1840. The van der Waals surface area contributed by atoms with Gasteiger partial charge < -0.3 is 24.5 Å². The molecule has 2 aliphatic rings. The fourth-order valence-electron chi connectivity index (χ4n) is 6.30. The third-order valence-electron chi connectivity index (χ3n) is 7.90. The van der Waals surface area contributed by atoms with Gasteiger partial charge in [0, 0.05) is 53.8 Å². The average Bonchev–Trinajstić information content (AvgIpc) is 3.66. The van der Waals surface area contributed by atoms with E-state index in [2.05, 4.69) is 32.4 Å². The molecule has 39 heavy (non-hydrogen) atoms. The lowest BCUT2D eigenvalue weighted by atomic mass is 9.82. The quantitative estimate of drug-likeness (QED) is 0.356. The summed E-state index contributed by atoms with van der Waals surface area (Å²) in [7, 11) is 1.93. The number of amides is 2. The number of aromatic nitrogens is 4. The molecule has 2 amide bonds. The van der Waals surface area contributed by atoms with E-state index < -0.39 is 0 Å². The molecule has 0 bridgehead atoms. The summed E-state index contributed by atoms with van der Waals surface area (Å²) >= 11 is 0. The minimum atomic E-state index is -0.294. The van der Waals surface area contributed by atoms with Crippen molar-refractivity contribution in [1.82, 2.24) is 24.8 Å². The van der Waals surface area contributed by atoms with Crippen LogP contribution in [0.1, 0.15) is 45.6 Å². The molecule has 10 heteroatoms. The predicted octanol–water partition coefficient (Wildman–Crippen LogP) is 4.18. The van der Waals surface area contributed by atoms with Crippen LogP contribution in [0.3, 0.4) is 0 Å². The number of nitrogens with zero attached hydrogens (tertiary/aromatic N) is 4. The second-order valence-corrected chi connectivity index (χ2v) is 10.2. The third-order valence-corrected chi connectivity index (χ3v) is 7.90. The van der Waals surface area contributed by atoms with Crippen molar-refractivity contribution in [2.24, 2.45) is 7.05 Å². The molecule has 0 saturated heterocycles. The molecule has 0 saturated carbocycles. The van der Waals surface area contributed by atoms with E-state index in [1.807, 2.05) is 36.1 Å². The maximum absolute atomic E-state index is 13.2. The molecule has 0 radical (unpaired) electrons. The zero-order valence-electron chi connectivity index (χ0n) is 22.3. The molecule has 10 nitrogen and oxygen atoms in total. The minimum absolute atomic E-state index is 0.0411.